The zero-order valence-corrected chi connectivity index (χ0v) is 20.6. The molecule has 0 bridgehead atoms. The van der Waals surface area contributed by atoms with Gasteiger partial charge in [-0.1, -0.05) is 74.5 Å². The number of nitrogens with zero attached hydrogens (tertiary/aromatic N) is 3. The van der Waals surface area contributed by atoms with Crippen molar-refractivity contribution in [2.24, 2.45) is 0 Å². The standard InChI is InChI=1S/C31H24BN3O2/c1-31(2)25-15-9-10-16-27(25)33(32)28-18-17-21(20-26(28)31)19-24-29(36)34(22-11-5-3-6-12-22)35(30(24)37)23-13-7-4-8-14-23/h3-20H,1-2H3. The van der Waals surface area contributed by atoms with Crippen LogP contribution in [0.25, 0.3) is 6.08 Å². The maximum absolute atomic E-state index is 13.7. The predicted molar refractivity (Wildman–Crippen MR) is 149 cm³/mol. The number of rotatable bonds is 3. The van der Waals surface area contributed by atoms with Gasteiger partial charge < -0.3 is 4.81 Å². The predicted octanol–water partition coefficient (Wildman–Crippen LogP) is 5.93. The van der Waals surface area contributed by atoms with Crippen LogP contribution in [0.15, 0.2) is 109 Å². The van der Waals surface area contributed by atoms with Crippen LogP contribution in [0.3, 0.4) is 0 Å². The second-order valence-electron chi connectivity index (χ2n) is 9.75. The summed E-state index contributed by atoms with van der Waals surface area (Å²) in [5.74, 6) is -0.745. The molecule has 4 aromatic rings. The number of benzene rings is 4. The Balaban J connectivity index is 1.46. The van der Waals surface area contributed by atoms with E-state index in [0.29, 0.717) is 11.4 Å². The molecule has 2 aliphatic rings. The summed E-state index contributed by atoms with van der Waals surface area (Å²) in [6.45, 7) is 4.32. The van der Waals surface area contributed by atoms with Crippen molar-refractivity contribution in [3.05, 3.63) is 125 Å². The van der Waals surface area contributed by atoms with Crippen LogP contribution in [0.5, 0.6) is 0 Å². The van der Waals surface area contributed by atoms with Gasteiger partial charge in [0.15, 0.2) is 0 Å². The van der Waals surface area contributed by atoms with E-state index in [4.69, 9.17) is 7.98 Å². The maximum atomic E-state index is 13.7. The highest BCUT2D eigenvalue weighted by molar-refractivity contribution is 6.38. The monoisotopic (exact) mass is 481 g/mol. The van der Waals surface area contributed by atoms with Gasteiger partial charge >= 0.3 is 0 Å². The molecule has 0 unspecified atom stereocenters. The number of hydrogen-bond donors (Lipinski definition) is 0. The first-order chi connectivity index (χ1) is 17.9. The molecular weight excluding hydrogens is 457 g/mol. The van der Waals surface area contributed by atoms with Crippen LogP contribution in [0.4, 0.5) is 22.7 Å². The van der Waals surface area contributed by atoms with Crippen LogP contribution < -0.4 is 14.8 Å². The van der Waals surface area contributed by atoms with Crippen LogP contribution in [-0.4, -0.2) is 19.8 Å². The molecule has 2 aliphatic heterocycles. The summed E-state index contributed by atoms with van der Waals surface area (Å²) >= 11 is 0. The maximum Gasteiger partial charge on any atom is 0.283 e. The van der Waals surface area contributed by atoms with Crippen molar-refractivity contribution in [3.63, 3.8) is 0 Å². The van der Waals surface area contributed by atoms with Gasteiger partial charge in [0, 0.05) is 16.8 Å². The van der Waals surface area contributed by atoms with Crippen molar-refractivity contribution in [1.29, 1.82) is 0 Å². The number of carbonyl (C=O) groups is 2. The van der Waals surface area contributed by atoms with Crippen molar-refractivity contribution in [1.82, 2.24) is 0 Å². The molecule has 0 atom stereocenters. The number of anilines is 4. The second-order valence-corrected chi connectivity index (χ2v) is 9.75. The molecule has 4 aromatic carbocycles. The molecule has 2 heterocycles. The Kier molecular flexibility index (Phi) is 5.27. The van der Waals surface area contributed by atoms with E-state index in [-0.39, 0.29) is 22.8 Å². The number of hydrazine groups is 1. The van der Waals surface area contributed by atoms with E-state index >= 15 is 0 Å². The van der Waals surface area contributed by atoms with E-state index in [1.807, 2.05) is 97.1 Å². The number of amides is 2. The molecular formula is C31H24BN3O2. The molecule has 0 aliphatic carbocycles. The average Bonchev–Trinajstić information content (AvgIpc) is 3.18. The van der Waals surface area contributed by atoms with E-state index in [1.54, 1.807) is 10.9 Å². The molecule has 5 nitrogen and oxygen atoms in total. The van der Waals surface area contributed by atoms with Crippen LogP contribution in [-0.2, 0) is 15.0 Å². The molecule has 1 saturated heterocycles. The molecule has 0 saturated carbocycles. The van der Waals surface area contributed by atoms with E-state index in [2.05, 4.69) is 19.9 Å². The Morgan fingerprint density at radius 2 is 1.16 bits per heavy atom. The minimum absolute atomic E-state index is 0.103. The lowest BCUT2D eigenvalue weighted by Gasteiger charge is -2.41. The molecule has 6 rings (SSSR count). The van der Waals surface area contributed by atoms with Gasteiger partial charge in [-0.05, 0) is 65.2 Å². The lowest BCUT2D eigenvalue weighted by molar-refractivity contribution is -0.116. The minimum atomic E-state index is -0.372. The third kappa shape index (κ3) is 3.56. The fourth-order valence-electron chi connectivity index (χ4n) is 5.24. The molecule has 1 fully saturated rings. The number of para-hydroxylation sites is 3. The van der Waals surface area contributed by atoms with E-state index in [9.17, 15) is 9.59 Å². The lowest BCUT2D eigenvalue weighted by atomic mass is 9.72. The normalized spacial score (nSPS) is 16.1. The quantitative estimate of drug-likeness (QED) is 0.207. The minimum Gasteiger partial charge on any atom is -0.397 e. The molecule has 37 heavy (non-hydrogen) atoms. The first kappa shape index (κ1) is 22.9. The third-order valence-corrected chi connectivity index (χ3v) is 7.15. The van der Waals surface area contributed by atoms with Gasteiger partial charge in [-0.3, -0.25) is 9.59 Å². The van der Waals surface area contributed by atoms with Crippen LogP contribution in [0, 0.1) is 0 Å². The summed E-state index contributed by atoms with van der Waals surface area (Å²) < 4.78 is 0. The van der Waals surface area contributed by atoms with Crippen molar-refractivity contribution >= 4 is 48.6 Å². The van der Waals surface area contributed by atoms with E-state index in [1.165, 1.54) is 10.0 Å². The SMILES string of the molecule is [B]N1c2ccccc2C(C)(C)c2cc(C=C3C(=O)N(c4ccccc4)N(c4ccccc4)C3=O)ccc21. The summed E-state index contributed by atoms with van der Waals surface area (Å²) in [4.78, 5) is 29.1. The Morgan fingerprint density at radius 1 is 0.649 bits per heavy atom. The Labute approximate surface area is 217 Å². The molecule has 0 aromatic heterocycles. The highest BCUT2D eigenvalue weighted by Gasteiger charge is 2.43. The zero-order chi connectivity index (χ0) is 25.7. The summed E-state index contributed by atoms with van der Waals surface area (Å²) in [5.41, 5.74) is 5.80. The van der Waals surface area contributed by atoms with Gasteiger partial charge in [-0.25, -0.2) is 10.0 Å². The van der Waals surface area contributed by atoms with Crippen molar-refractivity contribution in [2.75, 3.05) is 14.8 Å². The molecule has 2 amide bonds. The fourth-order valence-corrected chi connectivity index (χ4v) is 5.24. The highest BCUT2D eigenvalue weighted by Crippen LogP contribution is 2.48. The van der Waals surface area contributed by atoms with Gasteiger partial charge in [-0.15, -0.1) is 0 Å². The summed E-state index contributed by atoms with van der Waals surface area (Å²) in [7, 11) is 6.50. The van der Waals surface area contributed by atoms with E-state index in [0.717, 1.165) is 28.1 Å². The van der Waals surface area contributed by atoms with Crippen molar-refractivity contribution in [3.8, 4) is 0 Å². The number of hydrogen-bond acceptors (Lipinski definition) is 3. The average molecular weight is 481 g/mol. The second kappa shape index (κ2) is 8.52. The first-order valence-electron chi connectivity index (χ1n) is 12.2. The highest BCUT2D eigenvalue weighted by atomic mass is 16.2. The van der Waals surface area contributed by atoms with Gasteiger partial charge in [-0.2, -0.15) is 0 Å². The molecule has 6 heteroatoms. The lowest BCUT2D eigenvalue weighted by Crippen LogP contribution is -2.41. The zero-order valence-electron chi connectivity index (χ0n) is 20.6. The fraction of sp³-hybridized carbons (Fsp3) is 0.0968. The van der Waals surface area contributed by atoms with Gasteiger partial charge in [0.05, 0.1) is 11.4 Å². The Hall–Kier alpha value is -4.58. The molecule has 0 N–H and O–H groups in total. The molecule has 2 radical (unpaired) electrons. The van der Waals surface area contributed by atoms with Crippen LogP contribution in [0.1, 0.15) is 30.5 Å². The summed E-state index contributed by atoms with van der Waals surface area (Å²) in [5, 5.41) is 2.87. The van der Waals surface area contributed by atoms with Crippen molar-refractivity contribution in [2.45, 2.75) is 19.3 Å². The Bertz CT molecular complexity index is 1500. The smallest absolute Gasteiger partial charge is 0.283 e. The third-order valence-electron chi connectivity index (χ3n) is 7.15. The van der Waals surface area contributed by atoms with Crippen LogP contribution in [0.2, 0.25) is 0 Å². The van der Waals surface area contributed by atoms with Gasteiger partial charge in [0.25, 0.3) is 11.8 Å². The van der Waals surface area contributed by atoms with Crippen LogP contribution >= 0.6 is 0 Å². The van der Waals surface area contributed by atoms with Crippen molar-refractivity contribution < 1.29 is 9.59 Å². The number of carbonyl (C=O) groups excluding carboxylic acids is 2. The molecule has 0 spiro atoms. The largest absolute Gasteiger partial charge is 0.397 e. The topological polar surface area (TPSA) is 43.9 Å². The van der Waals surface area contributed by atoms with E-state index < -0.39 is 0 Å². The van der Waals surface area contributed by atoms with Gasteiger partial charge in [0.1, 0.15) is 5.57 Å². The first-order valence-corrected chi connectivity index (χ1v) is 12.2. The Morgan fingerprint density at radius 3 is 1.76 bits per heavy atom. The summed E-state index contributed by atoms with van der Waals surface area (Å²) in [6, 6.07) is 32.4. The van der Waals surface area contributed by atoms with Gasteiger partial charge in [0.2, 0.25) is 7.98 Å². The summed E-state index contributed by atoms with van der Waals surface area (Å²) in [6.07, 6.45) is 1.68. The number of fused-ring (bicyclic) bond motifs is 2. The molecule has 178 valence electrons.